The third kappa shape index (κ3) is 1.66. The number of hydrogen-bond donors (Lipinski definition) is 1. The fourth-order valence-corrected chi connectivity index (χ4v) is 0.417. The summed E-state index contributed by atoms with van der Waals surface area (Å²) in [5.74, 6) is 0.125. The fraction of sp³-hybridized carbons (Fsp3) is 0. The van der Waals surface area contributed by atoms with Gasteiger partial charge in [-0.15, -0.1) is 0 Å². The number of anilines is 1. The Labute approximate surface area is 56.0 Å². The van der Waals surface area contributed by atoms with Crippen LogP contribution in [0.15, 0.2) is 12.3 Å². The summed E-state index contributed by atoms with van der Waals surface area (Å²) in [6.07, 6.45) is 3.56. The van der Waals surface area contributed by atoms with Gasteiger partial charge in [-0.2, -0.15) is 0 Å². The molecule has 0 amide bonds. The summed E-state index contributed by atoms with van der Waals surface area (Å²) in [6, 6.07) is 1.37. The van der Waals surface area contributed by atoms with Crippen molar-refractivity contribution in [1.29, 1.82) is 0 Å². The van der Waals surface area contributed by atoms with Crippen molar-refractivity contribution in [3.63, 3.8) is 0 Å². The molecule has 0 unspecified atom stereocenters. The first-order valence-electron chi connectivity index (χ1n) is 2.39. The van der Waals surface area contributed by atoms with E-state index in [1.54, 1.807) is 0 Å². The van der Waals surface area contributed by atoms with Gasteiger partial charge in [-0.25, -0.2) is 20.1 Å². The monoisotopic (exact) mass is 139 g/mol. The highest BCUT2D eigenvalue weighted by molar-refractivity contribution is 5.27. The van der Waals surface area contributed by atoms with Gasteiger partial charge in [0, 0.05) is 12.3 Å². The van der Waals surface area contributed by atoms with Crippen molar-refractivity contribution in [2.24, 2.45) is 0 Å². The lowest BCUT2D eigenvalue weighted by Gasteiger charge is -1.90. The molecule has 1 rings (SSSR count). The summed E-state index contributed by atoms with van der Waals surface area (Å²) < 4.78 is 0. The molecule has 0 saturated carbocycles. The summed E-state index contributed by atoms with van der Waals surface area (Å²) in [7, 11) is 0. The van der Waals surface area contributed by atoms with Gasteiger partial charge in [0.1, 0.15) is 0 Å². The first kappa shape index (κ1) is 6.40. The van der Waals surface area contributed by atoms with Crippen molar-refractivity contribution < 1.29 is 5.03 Å². The predicted molar refractivity (Wildman–Crippen MR) is 31.5 cm³/mol. The van der Waals surface area contributed by atoms with Crippen molar-refractivity contribution in [3.8, 4) is 0 Å². The Balaban J connectivity index is 2.67. The zero-order valence-electron chi connectivity index (χ0n) is 4.81. The zero-order chi connectivity index (χ0) is 7.40. The normalized spacial score (nSPS) is 8.80. The quantitative estimate of drug-likeness (QED) is 0.456. The Bertz CT molecular complexity index is 224. The van der Waals surface area contributed by atoms with E-state index in [0.717, 1.165) is 0 Å². The SMILES string of the molecule is O=[N+]([O-])Nc1ccn[c]n1. The molecule has 10 heavy (non-hydrogen) atoms. The van der Waals surface area contributed by atoms with E-state index in [4.69, 9.17) is 0 Å². The molecule has 1 radical (unpaired) electrons. The molecule has 0 bridgehead atoms. The minimum Gasteiger partial charge on any atom is -0.234 e. The lowest BCUT2D eigenvalue weighted by molar-refractivity contribution is -0.445. The number of nitrogens with zero attached hydrogens (tertiary/aromatic N) is 3. The molecular weight excluding hydrogens is 136 g/mol. The standard InChI is InChI=1S/C4H3N4O2/c9-8(10)7-4-1-2-5-3-6-4/h1-2H,(H,5,6,7). The number of aromatic nitrogens is 2. The molecule has 1 aromatic heterocycles. The van der Waals surface area contributed by atoms with Crippen LogP contribution in [0.4, 0.5) is 5.82 Å². The molecular formula is C4H3N4O2. The first-order valence-corrected chi connectivity index (χ1v) is 2.39. The van der Waals surface area contributed by atoms with Crippen LogP contribution in [0.25, 0.3) is 0 Å². The van der Waals surface area contributed by atoms with Crippen LogP contribution < -0.4 is 5.43 Å². The number of nitrogens with one attached hydrogen (secondary N) is 1. The van der Waals surface area contributed by atoms with Crippen molar-refractivity contribution in [2.45, 2.75) is 0 Å². The van der Waals surface area contributed by atoms with Crippen LogP contribution in [0, 0.1) is 16.4 Å². The maximum Gasteiger partial charge on any atom is 0.199 e. The largest absolute Gasteiger partial charge is 0.234 e. The van der Waals surface area contributed by atoms with E-state index in [1.807, 2.05) is 5.43 Å². The second-order valence-corrected chi connectivity index (χ2v) is 1.41. The lowest BCUT2D eigenvalue weighted by Crippen LogP contribution is -2.08. The zero-order valence-corrected chi connectivity index (χ0v) is 4.81. The van der Waals surface area contributed by atoms with E-state index >= 15 is 0 Å². The molecule has 6 heteroatoms. The van der Waals surface area contributed by atoms with Crippen LogP contribution in [0.3, 0.4) is 0 Å². The summed E-state index contributed by atoms with van der Waals surface area (Å²) >= 11 is 0. The minimum atomic E-state index is -0.698. The number of rotatable bonds is 2. The fourth-order valence-electron chi connectivity index (χ4n) is 0.417. The van der Waals surface area contributed by atoms with Crippen molar-refractivity contribution in [3.05, 3.63) is 28.7 Å². The summed E-state index contributed by atoms with van der Waals surface area (Å²) in [4.78, 5) is 16.7. The Morgan fingerprint density at radius 2 is 2.60 bits per heavy atom. The molecule has 0 aliphatic rings. The van der Waals surface area contributed by atoms with Crippen LogP contribution in [0.2, 0.25) is 0 Å². The van der Waals surface area contributed by atoms with E-state index in [9.17, 15) is 10.1 Å². The van der Waals surface area contributed by atoms with E-state index in [1.165, 1.54) is 12.3 Å². The highest BCUT2D eigenvalue weighted by Crippen LogP contribution is 1.95. The van der Waals surface area contributed by atoms with E-state index in [0.29, 0.717) is 0 Å². The molecule has 1 N–H and O–H groups in total. The van der Waals surface area contributed by atoms with Gasteiger partial charge in [-0.1, -0.05) is 5.43 Å². The second-order valence-electron chi connectivity index (χ2n) is 1.41. The van der Waals surface area contributed by atoms with Crippen LogP contribution in [-0.4, -0.2) is 15.0 Å². The maximum atomic E-state index is 9.79. The molecule has 0 atom stereocenters. The van der Waals surface area contributed by atoms with Crippen LogP contribution in [0.1, 0.15) is 0 Å². The molecule has 0 saturated heterocycles. The van der Waals surface area contributed by atoms with Gasteiger partial charge in [0.05, 0.1) is 0 Å². The summed E-state index contributed by atoms with van der Waals surface area (Å²) in [6.45, 7) is 0. The maximum absolute atomic E-state index is 9.79. The summed E-state index contributed by atoms with van der Waals surface area (Å²) in [5, 5.41) is 9.09. The van der Waals surface area contributed by atoms with Crippen LogP contribution in [0.5, 0.6) is 0 Å². The number of nitro groups is 1. The van der Waals surface area contributed by atoms with Crippen molar-refractivity contribution in [2.75, 3.05) is 5.43 Å². The molecule has 0 aliphatic carbocycles. The molecule has 1 aromatic rings. The Morgan fingerprint density at radius 3 is 3.10 bits per heavy atom. The van der Waals surface area contributed by atoms with E-state index in [-0.39, 0.29) is 5.82 Å². The average Bonchev–Trinajstić information content (AvgIpc) is 1.88. The van der Waals surface area contributed by atoms with E-state index in [2.05, 4.69) is 16.3 Å². The smallest absolute Gasteiger partial charge is 0.199 e. The molecule has 6 nitrogen and oxygen atoms in total. The van der Waals surface area contributed by atoms with Gasteiger partial charge >= 0.3 is 0 Å². The van der Waals surface area contributed by atoms with Gasteiger partial charge in [-0.05, 0) is 0 Å². The Hall–Kier alpha value is -1.72. The van der Waals surface area contributed by atoms with Crippen LogP contribution >= 0.6 is 0 Å². The van der Waals surface area contributed by atoms with Crippen molar-refractivity contribution >= 4 is 5.82 Å². The predicted octanol–water partition coefficient (Wildman–Crippen LogP) is -0.120. The number of hydrogen-bond acceptors (Lipinski definition) is 4. The summed E-state index contributed by atoms with van der Waals surface area (Å²) in [5.41, 5.74) is 1.84. The van der Waals surface area contributed by atoms with Gasteiger partial charge in [0.25, 0.3) is 0 Å². The van der Waals surface area contributed by atoms with Gasteiger partial charge < -0.3 is 0 Å². The Morgan fingerprint density at radius 1 is 1.80 bits per heavy atom. The third-order valence-corrected chi connectivity index (χ3v) is 0.741. The molecule has 0 fully saturated rings. The first-order chi connectivity index (χ1) is 4.79. The molecule has 0 aromatic carbocycles. The van der Waals surface area contributed by atoms with Gasteiger partial charge in [0.15, 0.2) is 17.2 Å². The van der Waals surface area contributed by atoms with Gasteiger partial charge in [-0.3, -0.25) is 0 Å². The van der Waals surface area contributed by atoms with Crippen LogP contribution in [-0.2, 0) is 0 Å². The van der Waals surface area contributed by atoms with Crippen molar-refractivity contribution in [1.82, 2.24) is 9.97 Å². The minimum absolute atomic E-state index is 0.125. The average molecular weight is 139 g/mol. The topological polar surface area (TPSA) is 81.0 Å². The Kier molecular flexibility index (Phi) is 1.74. The second kappa shape index (κ2) is 2.72. The molecule has 1 heterocycles. The highest BCUT2D eigenvalue weighted by atomic mass is 16.7. The molecule has 0 aliphatic heterocycles. The molecule has 51 valence electrons. The van der Waals surface area contributed by atoms with Gasteiger partial charge in [0.2, 0.25) is 0 Å². The third-order valence-electron chi connectivity index (χ3n) is 0.741. The highest BCUT2D eigenvalue weighted by Gasteiger charge is 1.96. The number of hydrazine groups is 1. The van der Waals surface area contributed by atoms with E-state index < -0.39 is 5.03 Å². The lowest BCUT2D eigenvalue weighted by atomic mass is 10.6. The molecule has 0 spiro atoms.